The molecular formula is C15H14FNO2S. The summed E-state index contributed by atoms with van der Waals surface area (Å²) in [7, 11) is 0. The molecule has 0 radical (unpaired) electrons. The quantitative estimate of drug-likeness (QED) is 0.851. The zero-order chi connectivity index (χ0) is 13.9. The first kappa shape index (κ1) is 13.3. The summed E-state index contributed by atoms with van der Waals surface area (Å²) >= 11 is 1.42. The van der Waals surface area contributed by atoms with Crippen LogP contribution < -0.4 is 0 Å². The second-order valence-electron chi connectivity index (χ2n) is 4.61. The van der Waals surface area contributed by atoms with Crippen LogP contribution >= 0.6 is 11.3 Å². The van der Waals surface area contributed by atoms with Gasteiger partial charge in [0.15, 0.2) is 0 Å². The monoisotopic (exact) mass is 291 g/mol. The molecule has 5 heteroatoms. The normalized spacial score (nSPS) is 19.1. The molecule has 0 saturated carbocycles. The van der Waals surface area contributed by atoms with E-state index in [2.05, 4.69) is 0 Å². The number of carbonyl (C=O) groups excluding carboxylic acids is 1. The Morgan fingerprint density at radius 3 is 2.90 bits per heavy atom. The molecule has 104 valence electrons. The van der Waals surface area contributed by atoms with Crippen LogP contribution in [0, 0.1) is 5.82 Å². The Hall–Kier alpha value is -1.72. The van der Waals surface area contributed by atoms with Gasteiger partial charge >= 0.3 is 0 Å². The van der Waals surface area contributed by atoms with Crippen molar-refractivity contribution in [1.29, 1.82) is 0 Å². The minimum atomic E-state index is -0.395. The number of hydrogen-bond acceptors (Lipinski definition) is 3. The maximum atomic E-state index is 13.8. The van der Waals surface area contributed by atoms with Crippen LogP contribution in [0.5, 0.6) is 0 Å². The lowest BCUT2D eigenvalue weighted by molar-refractivity contribution is -0.0241. The number of hydrogen-bond donors (Lipinski definition) is 0. The van der Waals surface area contributed by atoms with Crippen molar-refractivity contribution < 1.29 is 13.9 Å². The maximum Gasteiger partial charge on any atom is 0.264 e. The number of amides is 1. The van der Waals surface area contributed by atoms with E-state index in [4.69, 9.17) is 4.74 Å². The van der Waals surface area contributed by atoms with Crippen LogP contribution in [0.2, 0.25) is 0 Å². The van der Waals surface area contributed by atoms with E-state index in [0.717, 1.165) is 0 Å². The highest BCUT2D eigenvalue weighted by atomic mass is 32.1. The molecular weight excluding hydrogens is 277 g/mol. The molecule has 1 fully saturated rings. The van der Waals surface area contributed by atoms with Crippen molar-refractivity contribution in [1.82, 2.24) is 4.90 Å². The highest BCUT2D eigenvalue weighted by molar-refractivity contribution is 7.12. The number of benzene rings is 1. The van der Waals surface area contributed by atoms with Crippen molar-refractivity contribution in [2.75, 3.05) is 19.7 Å². The lowest BCUT2D eigenvalue weighted by Crippen LogP contribution is -2.42. The van der Waals surface area contributed by atoms with Crippen LogP contribution in [-0.4, -0.2) is 30.5 Å². The van der Waals surface area contributed by atoms with E-state index < -0.39 is 6.10 Å². The van der Waals surface area contributed by atoms with Gasteiger partial charge in [-0.05, 0) is 17.5 Å². The first-order valence-corrected chi connectivity index (χ1v) is 7.32. The van der Waals surface area contributed by atoms with Crippen LogP contribution in [0.25, 0.3) is 0 Å². The predicted molar refractivity (Wildman–Crippen MR) is 75.3 cm³/mol. The first-order chi connectivity index (χ1) is 9.75. The molecule has 3 rings (SSSR count). The molecule has 2 heterocycles. The Morgan fingerprint density at radius 1 is 1.30 bits per heavy atom. The van der Waals surface area contributed by atoms with Crippen molar-refractivity contribution in [3.05, 3.63) is 58.0 Å². The Bertz CT molecular complexity index is 600. The minimum Gasteiger partial charge on any atom is -0.370 e. The second kappa shape index (κ2) is 5.73. The van der Waals surface area contributed by atoms with Crippen LogP contribution in [0.15, 0.2) is 41.8 Å². The number of rotatable bonds is 2. The van der Waals surface area contributed by atoms with E-state index in [1.54, 1.807) is 29.2 Å². The molecule has 1 aromatic carbocycles. The third-order valence-corrected chi connectivity index (χ3v) is 4.20. The van der Waals surface area contributed by atoms with Crippen LogP contribution in [0.4, 0.5) is 4.39 Å². The van der Waals surface area contributed by atoms with Crippen molar-refractivity contribution >= 4 is 17.2 Å². The lowest BCUT2D eigenvalue weighted by atomic mass is 10.1. The summed E-state index contributed by atoms with van der Waals surface area (Å²) in [4.78, 5) is 14.7. The number of ether oxygens (including phenoxy) is 1. The molecule has 1 unspecified atom stereocenters. The summed E-state index contributed by atoms with van der Waals surface area (Å²) in [5.74, 6) is -0.299. The smallest absolute Gasteiger partial charge is 0.264 e. The zero-order valence-corrected chi connectivity index (χ0v) is 11.6. The molecule has 0 bridgehead atoms. The molecule has 3 nitrogen and oxygen atoms in total. The number of thiophene rings is 1. The molecule has 2 aromatic rings. The minimum absolute atomic E-state index is 0.00959. The number of halogens is 1. The summed E-state index contributed by atoms with van der Waals surface area (Å²) < 4.78 is 19.4. The van der Waals surface area contributed by atoms with Gasteiger partial charge in [-0.2, -0.15) is 0 Å². The van der Waals surface area contributed by atoms with E-state index in [0.29, 0.717) is 30.1 Å². The molecule has 1 aliphatic heterocycles. The van der Waals surface area contributed by atoms with E-state index in [1.807, 2.05) is 11.4 Å². The zero-order valence-electron chi connectivity index (χ0n) is 10.8. The van der Waals surface area contributed by atoms with E-state index in [9.17, 15) is 9.18 Å². The molecule has 0 aliphatic carbocycles. The van der Waals surface area contributed by atoms with Crippen molar-refractivity contribution in [2.24, 2.45) is 0 Å². The number of carbonyl (C=O) groups is 1. The average Bonchev–Trinajstić information content (AvgIpc) is 3.01. The van der Waals surface area contributed by atoms with Crippen molar-refractivity contribution in [3.63, 3.8) is 0 Å². The van der Waals surface area contributed by atoms with Gasteiger partial charge in [-0.1, -0.05) is 24.3 Å². The lowest BCUT2D eigenvalue weighted by Gasteiger charge is -2.33. The molecule has 1 aromatic heterocycles. The van der Waals surface area contributed by atoms with Gasteiger partial charge in [0.05, 0.1) is 18.0 Å². The summed E-state index contributed by atoms with van der Waals surface area (Å²) in [6.07, 6.45) is -0.395. The second-order valence-corrected chi connectivity index (χ2v) is 5.56. The fraction of sp³-hybridized carbons (Fsp3) is 0.267. The van der Waals surface area contributed by atoms with Gasteiger partial charge in [-0.15, -0.1) is 11.3 Å². The Labute approximate surface area is 120 Å². The number of nitrogens with zero attached hydrogens (tertiary/aromatic N) is 1. The van der Waals surface area contributed by atoms with Crippen LogP contribution in [0.1, 0.15) is 21.3 Å². The molecule has 1 saturated heterocycles. The van der Waals surface area contributed by atoms with Gasteiger partial charge in [-0.3, -0.25) is 4.79 Å². The largest absolute Gasteiger partial charge is 0.370 e. The van der Waals surface area contributed by atoms with Gasteiger partial charge in [-0.25, -0.2) is 4.39 Å². The van der Waals surface area contributed by atoms with Crippen molar-refractivity contribution in [3.8, 4) is 0 Å². The highest BCUT2D eigenvalue weighted by Crippen LogP contribution is 2.25. The van der Waals surface area contributed by atoms with Gasteiger partial charge in [0, 0.05) is 12.1 Å². The van der Waals surface area contributed by atoms with Crippen LogP contribution in [-0.2, 0) is 4.74 Å². The molecule has 20 heavy (non-hydrogen) atoms. The fourth-order valence-corrected chi connectivity index (χ4v) is 3.00. The maximum absolute atomic E-state index is 13.8. The molecule has 1 aliphatic rings. The van der Waals surface area contributed by atoms with E-state index >= 15 is 0 Å². The molecule has 1 amide bonds. The Kier molecular flexibility index (Phi) is 3.80. The van der Waals surface area contributed by atoms with Crippen LogP contribution in [0.3, 0.4) is 0 Å². The van der Waals surface area contributed by atoms with Gasteiger partial charge in [0.1, 0.15) is 11.9 Å². The van der Waals surface area contributed by atoms with Gasteiger partial charge in [0.25, 0.3) is 5.91 Å². The standard InChI is InChI=1S/C15H14FNO2S/c16-12-5-2-1-4-11(12)13-10-17(7-8-19-13)15(18)14-6-3-9-20-14/h1-6,9,13H,7-8,10H2. The third kappa shape index (κ3) is 2.59. The Balaban J connectivity index is 1.77. The Morgan fingerprint density at radius 2 is 2.15 bits per heavy atom. The van der Waals surface area contributed by atoms with Crippen molar-refractivity contribution in [2.45, 2.75) is 6.10 Å². The van der Waals surface area contributed by atoms with E-state index in [-0.39, 0.29) is 11.7 Å². The molecule has 1 atom stereocenters. The summed E-state index contributed by atoms with van der Waals surface area (Å²) in [5.41, 5.74) is 0.510. The highest BCUT2D eigenvalue weighted by Gasteiger charge is 2.27. The average molecular weight is 291 g/mol. The number of morpholine rings is 1. The van der Waals surface area contributed by atoms with Gasteiger partial charge in [0.2, 0.25) is 0 Å². The summed E-state index contributed by atoms with van der Waals surface area (Å²) in [5, 5.41) is 1.88. The van der Waals surface area contributed by atoms with E-state index in [1.165, 1.54) is 17.4 Å². The molecule has 0 N–H and O–H groups in total. The summed E-state index contributed by atoms with van der Waals surface area (Å²) in [6.45, 7) is 1.36. The topological polar surface area (TPSA) is 29.5 Å². The fourth-order valence-electron chi connectivity index (χ4n) is 2.31. The summed E-state index contributed by atoms with van der Waals surface area (Å²) in [6, 6.07) is 10.2. The van der Waals surface area contributed by atoms with Gasteiger partial charge < -0.3 is 9.64 Å². The predicted octanol–water partition coefficient (Wildman–Crippen LogP) is 3.10. The SMILES string of the molecule is O=C(c1cccs1)N1CCOC(c2ccccc2F)C1. The third-order valence-electron chi connectivity index (χ3n) is 3.34. The first-order valence-electron chi connectivity index (χ1n) is 6.44. The molecule has 0 spiro atoms.